The number of Topliss-reactive ketones (excluding diaryl/α,β-unsaturated/α-hetero) is 1. The smallest absolute Gasteiger partial charge is 0.266 e. The molecule has 2 aromatic heterocycles. The molecule has 2 heterocycles. The minimum absolute atomic E-state index is 0.122. The fourth-order valence-corrected chi connectivity index (χ4v) is 4.21. The molecule has 0 amide bonds. The van der Waals surface area contributed by atoms with Crippen molar-refractivity contribution >= 4 is 22.4 Å². The van der Waals surface area contributed by atoms with Crippen LogP contribution < -0.4 is 15.2 Å². The molecule has 0 fully saturated rings. The largest absolute Gasteiger partial charge is 0.455 e. The van der Waals surface area contributed by atoms with Crippen molar-refractivity contribution in [3.8, 4) is 17.2 Å². The molecule has 0 aliphatic carbocycles. The first kappa shape index (κ1) is 23.1. The third kappa shape index (κ3) is 4.51. The van der Waals surface area contributed by atoms with E-state index in [0.29, 0.717) is 11.5 Å². The molecule has 0 bridgehead atoms. The minimum Gasteiger partial charge on any atom is -0.455 e. The summed E-state index contributed by atoms with van der Waals surface area (Å²) < 4.78 is 7.74. The number of pyridine rings is 1. The summed E-state index contributed by atoms with van der Waals surface area (Å²) in [5.41, 5.74) is 4.03. The summed E-state index contributed by atoms with van der Waals surface area (Å²) in [5.74, 6) is 1.14. The Labute approximate surface area is 208 Å². The second-order valence-electron chi connectivity index (χ2n) is 8.88. The fraction of sp³-hybridized carbons (Fsp3) is 0.138. The van der Waals surface area contributed by atoms with Gasteiger partial charge in [-0.2, -0.15) is 5.10 Å². The van der Waals surface area contributed by atoms with Gasteiger partial charge in [0.25, 0.3) is 5.56 Å². The maximum absolute atomic E-state index is 13.2. The molecule has 7 nitrogen and oxygen atoms in total. The van der Waals surface area contributed by atoms with Crippen molar-refractivity contribution in [2.45, 2.75) is 13.3 Å². The van der Waals surface area contributed by atoms with Gasteiger partial charge in [-0.3, -0.25) is 19.3 Å². The van der Waals surface area contributed by atoms with E-state index in [0.717, 1.165) is 33.5 Å². The van der Waals surface area contributed by atoms with Gasteiger partial charge in [0, 0.05) is 37.3 Å². The van der Waals surface area contributed by atoms with Crippen LogP contribution in [0.4, 0.5) is 5.69 Å². The third-order valence-corrected chi connectivity index (χ3v) is 6.11. The second kappa shape index (κ2) is 9.54. The van der Waals surface area contributed by atoms with Gasteiger partial charge in [-0.25, -0.2) is 0 Å². The van der Waals surface area contributed by atoms with Crippen LogP contribution in [0.25, 0.3) is 16.6 Å². The van der Waals surface area contributed by atoms with Crippen molar-refractivity contribution < 1.29 is 9.53 Å². The minimum atomic E-state index is -0.308. The number of aryl methyl sites for hydroxylation is 1. The molecule has 0 aliphatic heterocycles. The van der Waals surface area contributed by atoms with Crippen LogP contribution in [0.15, 0.2) is 89.9 Å². The summed E-state index contributed by atoms with van der Waals surface area (Å²) in [5, 5.41) is 8.03. The monoisotopic (exact) mass is 478 g/mol. The first-order valence-corrected chi connectivity index (χ1v) is 11.6. The van der Waals surface area contributed by atoms with Gasteiger partial charge >= 0.3 is 0 Å². The van der Waals surface area contributed by atoms with Gasteiger partial charge in [0.05, 0.1) is 23.0 Å². The van der Waals surface area contributed by atoms with Crippen LogP contribution in [-0.4, -0.2) is 34.6 Å². The number of para-hydroxylation sites is 1. The molecule has 3 aromatic carbocycles. The summed E-state index contributed by atoms with van der Waals surface area (Å²) in [6.45, 7) is 1.85. The normalized spacial score (nSPS) is 11.0. The molecular formula is C29H26N4O3. The number of carbonyl (C=O) groups excluding carboxylic acids is 1. The number of ketones is 1. The second-order valence-corrected chi connectivity index (χ2v) is 8.88. The highest BCUT2D eigenvalue weighted by Crippen LogP contribution is 2.35. The number of rotatable bonds is 7. The molecule has 0 atom stereocenters. The highest BCUT2D eigenvalue weighted by atomic mass is 16.5. The summed E-state index contributed by atoms with van der Waals surface area (Å²) >= 11 is 0. The molecule has 5 rings (SSSR count). The van der Waals surface area contributed by atoms with Crippen LogP contribution in [0.5, 0.6) is 11.5 Å². The fourth-order valence-electron chi connectivity index (χ4n) is 4.21. The number of aromatic amines is 1. The Kier molecular flexibility index (Phi) is 6.12. The number of nitrogens with zero attached hydrogens (tertiary/aromatic N) is 3. The lowest BCUT2D eigenvalue weighted by atomic mass is 10.0. The molecule has 0 saturated carbocycles. The molecule has 5 aromatic rings. The molecule has 1 N–H and O–H groups in total. The zero-order chi connectivity index (χ0) is 25.2. The van der Waals surface area contributed by atoms with Crippen LogP contribution in [0.1, 0.15) is 21.6 Å². The predicted octanol–water partition coefficient (Wildman–Crippen LogP) is 5.31. The van der Waals surface area contributed by atoms with Crippen molar-refractivity contribution in [1.82, 2.24) is 14.8 Å². The van der Waals surface area contributed by atoms with E-state index < -0.39 is 0 Å². The Morgan fingerprint density at radius 2 is 1.75 bits per heavy atom. The van der Waals surface area contributed by atoms with Gasteiger partial charge in [0.15, 0.2) is 11.5 Å². The van der Waals surface area contributed by atoms with E-state index in [-0.39, 0.29) is 23.3 Å². The Morgan fingerprint density at radius 1 is 1.00 bits per heavy atom. The molecule has 7 heteroatoms. The van der Waals surface area contributed by atoms with Crippen LogP contribution in [0.3, 0.4) is 0 Å². The SMILES string of the molecule is Cc1ccc(C(=O)Cc2ccc(Oc3cc4cn[nH]c4cc3N(C)C)cc2)c(=O)n1-c1ccccc1. The van der Waals surface area contributed by atoms with Gasteiger partial charge < -0.3 is 9.64 Å². The Hall–Kier alpha value is -4.65. The highest BCUT2D eigenvalue weighted by molar-refractivity contribution is 5.97. The number of aromatic nitrogens is 3. The quantitative estimate of drug-likeness (QED) is 0.321. The summed E-state index contributed by atoms with van der Waals surface area (Å²) in [6, 6.07) is 24.1. The van der Waals surface area contributed by atoms with Crippen molar-refractivity contribution in [1.29, 1.82) is 0 Å². The molecule has 36 heavy (non-hydrogen) atoms. The van der Waals surface area contributed by atoms with Crippen molar-refractivity contribution in [3.05, 3.63) is 112 Å². The molecule has 0 radical (unpaired) electrons. The first-order chi connectivity index (χ1) is 17.4. The number of hydrogen-bond acceptors (Lipinski definition) is 5. The van der Waals surface area contributed by atoms with Crippen LogP contribution >= 0.6 is 0 Å². The predicted molar refractivity (Wildman–Crippen MR) is 142 cm³/mol. The lowest BCUT2D eigenvalue weighted by Gasteiger charge is -2.18. The number of hydrogen-bond donors (Lipinski definition) is 1. The van der Waals surface area contributed by atoms with E-state index in [1.807, 2.05) is 92.6 Å². The molecule has 180 valence electrons. The van der Waals surface area contributed by atoms with Gasteiger partial charge in [-0.05, 0) is 61.0 Å². The molecule has 0 aliphatic rings. The van der Waals surface area contributed by atoms with E-state index in [9.17, 15) is 9.59 Å². The number of H-pyrrole nitrogens is 1. The number of carbonyl (C=O) groups is 1. The first-order valence-electron chi connectivity index (χ1n) is 11.6. The lowest BCUT2D eigenvalue weighted by Crippen LogP contribution is -2.27. The van der Waals surface area contributed by atoms with Crippen LogP contribution in [0.2, 0.25) is 0 Å². The highest BCUT2D eigenvalue weighted by Gasteiger charge is 2.16. The van der Waals surface area contributed by atoms with Crippen molar-refractivity contribution in [3.63, 3.8) is 0 Å². The topological polar surface area (TPSA) is 80.2 Å². The van der Waals surface area contributed by atoms with Gasteiger partial charge in [-0.1, -0.05) is 30.3 Å². The number of nitrogens with one attached hydrogen (secondary N) is 1. The lowest BCUT2D eigenvalue weighted by molar-refractivity contribution is 0.0991. The number of benzene rings is 3. The molecule has 0 unspecified atom stereocenters. The van der Waals surface area contributed by atoms with Gasteiger partial charge in [-0.15, -0.1) is 0 Å². The van der Waals surface area contributed by atoms with Crippen molar-refractivity contribution in [2.24, 2.45) is 0 Å². The standard InChI is InChI=1S/C29H26N4O3/c1-19-9-14-24(29(35)33(19)22-7-5-4-6-8-22)27(34)15-20-10-12-23(13-11-20)36-28-16-21-18-30-31-25(21)17-26(28)32(2)3/h4-14,16-18H,15H2,1-3H3,(H,30,31). The summed E-state index contributed by atoms with van der Waals surface area (Å²) in [7, 11) is 3.91. The Bertz CT molecular complexity index is 1600. The Morgan fingerprint density at radius 3 is 2.47 bits per heavy atom. The third-order valence-electron chi connectivity index (χ3n) is 6.11. The average Bonchev–Trinajstić information content (AvgIpc) is 3.33. The van der Waals surface area contributed by atoms with E-state index in [2.05, 4.69) is 10.2 Å². The average molecular weight is 479 g/mol. The van der Waals surface area contributed by atoms with Crippen LogP contribution in [-0.2, 0) is 6.42 Å². The van der Waals surface area contributed by atoms with Crippen molar-refractivity contribution in [2.75, 3.05) is 19.0 Å². The van der Waals surface area contributed by atoms with Gasteiger partial charge in [0.1, 0.15) is 5.75 Å². The number of anilines is 1. The van der Waals surface area contributed by atoms with Gasteiger partial charge in [0.2, 0.25) is 0 Å². The number of ether oxygens (including phenoxy) is 1. The van der Waals surface area contributed by atoms with E-state index in [1.165, 1.54) is 0 Å². The molecular weight excluding hydrogens is 452 g/mol. The van der Waals surface area contributed by atoms with E-state index in [1.54, 1.807) is 22.9 Å². The maximum Gasteiger partial charge on any atom is 0.266 e. The van der Waals surface area contributed by atoms with Crippen LogP contribution in [0, 0.1) is 6.92 Å². The molecule has 0 saturated heterocycles. The molecule has 0 spiro atoms. The maximum atomic E-state index is 13.2. The zero-order valence-corrected chi connectivity index (χ0v) is 20.4. The summed E-state index contributed by atoms with van der Waals surface area (Å²) in [4.78, 5) is 28.2. The zero-order valence-electron chi connectivity index (χ0n) is 20.4. The summed E-state index contributed by atoms with van der Waals surface area (Å²) in [6.07, 6.45) is 1.88. The Balaban J connectivity index is 1.36. The number of fused-ring (bicyclic) bond motifs is 1. The van der Waals surface area contributed by atoms with E-state index in [4.69, 9.17) is 4.74 Å². The van der Waals surface area contributed by atoms with E-state index >= 15 is 0 Å².